The van der Waals surface area contributed by atoms with E-state index in [1.54, 1.807) is 13.8 Å². The Morgan fingerprint density at radius 3 is 1.38 bits per heavy atom. The van der Waals surface area contributed by atoms with E-state index in [2.05, 4.69) is 10.2 Å². The molecule has 2 unspecified atom stereocenters. The van der Waals surface area contributed by atoms with Gasteiger partial charge in [0.2, 0.25) is 0 Å². The van der Waals surface area contributed by atoms with Crippen LogP contribution in [0.25, 0.3) is 0 Å². The van der Waals surface area contributed by atoms with E-state index in [-0.39, 0.29) is 25.7 Å². The SMILES string of the molecule is CC(C#N)(CCC(=O)OCCC[Si](C)(C)Cl)/N=N/C(C)(C#N)CCC(=O)OCCC[Si](C)(C)Cl. The van der Waals surface area contributed by atoms with Gasteiger partial charge in [0.25, 0.3) is 0 Å². The maximum atomic E-state index is 12.0. The van der Waals surface area contributed by atoms with Crippen LogP contribution >= 0.6 is 22.2 Å². The lowest BCUT2D eigenvalue weighted by atomic mass is 9.97. The molecule has 0 aromatic carbocycles. The summed E-state index contributed by atoms with van der Waals surface area (Å²) in [5.41, 5.74) is -2.58. The maximum absolute atomic E-state index is 12.0. The minimum atomic E-state index is -1.69. The fourth-order valence-electron chi connectivity index (χ4n) is 2.67. The van der Waals surface area contributed by atoms with Crippen molar-refractivity contribution in [1.29, 1.82) is 10.5 Å². The van der Waals surface area contributed by atoms with Crippen molar-refractivity contribution < 1.29 is 19.1 Å². The van der Waals surface area contributed by atoms with Gasteiger partial charge in [-0.25, -0.2) is 0 Å². The van der Waals surface area contributed by atoms with Crippen LogP contribution in [0.5, 0.6) is 0 Å². The number of carbonyl (C=O) groups is 2. The van der Waals surface area contributed by atoms with E-state index in [9.17, 15) is 20.1 Å². The lowest BCUT2D eigenvalue weighted by Gasteiger charge is -2.19. The van der Waals surface area contributed by atoms with Crippen molar-refractivity contribution in [3.63, 3.8) is 0 Å². The van der Waals surface area contributed by atoms with Gasteiger partial charge in [-0.05, 0) is 51.6 Å². The first-order chi connectivity index (χ1) is 15.5. The van der Waals surface area contributed by atoms with Crippen LogP contribution in [0.2, 0.25) is 38.3 Å². The maximum Gasteiger partial charge on any atom is 0.305 e. The predicted octanol–water partition coefficient (Wildman–Crippen LogP) is 6.32. The molecular weight excluding hydrogens is 511 g/mol. The van der Waals surface area contributed by atoms with E-state index in [0.29, 0.717) is 26.1 Å². The second kappa shape index (κ2) is 14.8. The first kappa shape index (κ1) is 32.5. The Kier molecular flexibility index (Phi) is 14.2. The van der Waals surface area contributed by atoms with E-state index in [1.807, 2.05) is 38.3 Å². The van der Waals surface area contributed by atoms with Crippen LogP contribution in [0.15, 0.2) is 10.2 Å². The standard InChI is InChI=1S/C22H38Cl2N4O4Si2/c1-21(17-25,11-9-19(29)31-13-7-15-33(3,4)23)27-28-22(2,18-26)12-10-20(30)32-14-8-16-34(5,6)24/h7-16H2,1-6H3/b28-27+. The second-order valence-electron chi connectivity index (χ2n) is 10.1. The molecule has 0 rings (SSSR count). The van der Waals surface area contributed by atoms with Gasteiger partial charge in [0.15, 0.2) is 25.8 Å². The van der Waals surface area contributed by atoms with Gasteiger partial charge >= 0.3 is 11.9 Å². The van der Waals surface area contributed by atoms with Crippen molar-refractivity contribution in [2.24, 2.45) is 10.2 Å². The van der Waals surface area contributed by atoms with Gasteiger partial charge in [0, 0.05) is 12.8 Å². The van der Waals surface area contributed by atoms with Gasteiger partial charge < -0.3 is 9.47 Å². The van der Waals surface area contributed by atoms with Crippen LogP contribution in [0.3, 0.4) is 0 Å². The Hall–Kier alpha value is -1.47. The second-order valence-corrected chi connectivity index (χ2v) is 24.1. The van der Waals surface area contributed by atoms with Crippen molar-refractivity contribution in [2.75, 3.05) is 13.2 Å². The van der Waals surface area contributed by atoms with E-state index >= 15 is 0 Å². The third-order valence-electron chi connectivity index (χ3n) is 4.96. The van der Waals surface area contributed by atoms with Crippen molar-refractivity contribution in [1.82, 2.24) is 0 Å². The molecule has 0 fully saturated rings. The Morgan fingerprint density at radius 1 is 0.794 bits per heavy atom. The number of nitrogens with zero attached hydrogens (tertiary/aromatic N) is 4. The van der Waals surface area contributed by atoms with Crippen LogP contribution < -0.4 is 0 Å². The van der Waals surface area contributed by atoms with Gasteiger partial charge in [-0.1, -0.05) is 26.2 Å². The zero-order valence-corrected chi connectivity index (χ0v) is 24.8. The number of ether oxygens (including phenoxy) is 2. The quantitative estimate of drug-likeness (QED) is 0.0729. The minimum Gasteiger partial charge on any atom is -0.466 e. The average molecular weight is 550 g/mol. The van der Waals surface area contributed by atoms with Gasteiger partial charge in [-0.2, -0.15) is 42.9 Å². The Morgan fingerprint density at radius 2 is 1.12 bits per heavy atom. The lowest BCUT2D eigenvalue weighted by Crippen LogP contribution is -2.26. The van der Waals surface area contributed by atoms with Crippen LogP contribution in [0.4, 0.5) is 0 Å². The summed E-state index contributed by atoms with van der Waals surface area (Å²) in [7, 11) is -3.39. The number of azo groups is 1. The third kappa shape index (κ3) is 17.0. The van der Waals surface area contributed by atoms with Crippen LogP contribution in [0.1, 0.15) is 52.4 Å². The smallest absolute Gasteiger partial charge is 0.305 e. The normalized spacial score (nSPS) is 15.6. The molecule has 2 atom stereocenters. The summed E-state index contributed by atoms with van der Waals surface area (Å²) >= 11 is 12.5. The van der Waals surface area contributed by atoms with E-state index < -0.39 is 37.8 Å². The fraction of sp³-hybridized carbons (Fsp3) is 0.818. The van der Waals surface area contributed by atoms with E-state index in [1.165, 1.54) is 0 Å². The summed E-state index contributed by atoms with van der Waals surface area (Å²) in [5.74, 6) is -0.839. The van der Waals surface area contributed by atoms with Crippen molar-refractivity contribution in [3.8, 4) is 12.1 Å². The summed E-state index contributed by atoms with van der Waals surface area (Å²) < 4.78 is 10.4. The molecule has 0 N–H and O–H groups in total. The monoisotopic (exact) mass is 548 g/mol. The molecule has 0 heterocycles. The average Bonchev–Trinajstić information content (AvgIpc) is 2.74. The van der Waals surface area contributed by atoms with Gasteiger partial charge in [0.1, 0.15) is 0 Å². The molecule has 0 aliphatic carbocycles. The van der Waals surface area contributed by atoms with Crippen LogP contribution in [-0.2, 0) is 19.1 Å². The highest BCUT2D eigenvalue weighted by Gasteiger charge is 2.30. The highest BCUT2D eigenvalue weighted by molar-refractivity contribution is 7.19. The molecule has 0 aromatic rings. The molecule has 0 radical (unpaired) electrons. The minimum absolute atomic E-state index is 0.00232. The molecular formula is C22H38Cl2N4O4Si2. The summed E-state index contributed by atoms with van der Waals surface area (Å²) in [4.78, 5) is 24.0. The molecule has 34 heavy (non-hydrogen) atoms. The number of carbonyl (C=O) groups excluding carboxylic acids is 2. The van der Waals surface area contributed by atoms with Gasteiger partial charge in [-0.15, -0.1) is 0 Å². The van der Waals surface area contributed by atoms with Crippen LogP contribution in [0, 0.1) is 22.7 Å². The molecule has 0 amide bonds. The number of esters is 2. The molecule has 0 bridgehead atoms. The zero-order chi connectivity index (χ0) is 26.5. The number of nitriles is 2. The number of hydrogen-bond donors (Lipinski definition) is 0. The highest BCUT2D eigenvalue weighted by Crippen LogP contribution is 2.24. The Labute approximate surface area is 215 Å². The molecule has 0 saturated heterocycles. The van der Waals surface area contributed by atoms with Crippen LogP contribution in [-0.4, -0.2) is 51.0 Å². The van der Waals surface area contributed by atoms with Crippen molar-refractivity contribution >= 4 is 48.9 Å². The first-order valence-corrected chi connectivity index (χ1v) is 19.9. The molecule has 0 saturated carbocycles. The molecule has 192 valence electrons. The van der Waals surface area contributed by atoms with Crippen molar-refractivity contribution in [3.05, 3.63) is 0 Å². The summed E-state index contributed by atoms with van der Waals surface area (Å²) in [5, 5.41) is 27.2. The molecule has 0 aromatic heterocycles. The Balaban J connectivity index is 4.63. The molecule has 12 heteroatoms. The molecule has 8 nitrogen and oxygen atoms in total. The summed E-state index contributed by atoms with van der Waals surface area (Å²) in [6.45, 7) is 11.8. The van der Waals surface area contributed by atoms with Crippen molar-refractivity contribution in [2.45, 2.75) is 102 Å². The largest absolute Gasteiger partial charge is 0.466 e. The molecule has 0 spiro atoms. The van der Waals surface area contributed by atoms with Gasteiger partial charge in [0.05, 0.1) is 25.4 Å². The molecule has 0 aliphatic rings. The zero-order valence-electron chi connectivity index (χ0n) is 21.2. The number of halogens is 2. The van der Waals surface area contributed by atoms with Gasteiger partial charge in [-0.3, -0.25) is 9.59 Å². The predicted molar refractivity (Wildman–Crippen MR) is 139 cm³/mol. The topological polar surface area (TPSA) is 125 Å². The van der Waals surface area contributed by atoms with E-state index in [0.717, 1.165) is 12.1 Å². The molecule has 0 aliphatic heterocycles. The summed E-state index contributed by atoms with van der Waals surface area (Å²) in [6, 6.07) is 5.77. The number of hydrogen-bond acceptors (Lipinski definition) is 8. The highest BCUT2D eigenvalue weighted by atomic mass is 35.6. The summed E-state index contributed by atoms with van der Waals surface area (Å²) in [6.07, 6.45) is 1.62. The fourth-order valence-corrected chi connectivity index (χ4v) is 5.44. The van der Waals surface area contributed by atoms with E-state index in [4.69, 9.17) is 31.6 Å². The Bertz CT molecular complexity index is 724. The first-order valence-electron chi connectivity index (χ1n) is 11.5. The number of rotatable bonds is 16. The third-order valence-corrected chi connectivity index (χ3v) is 9.18. The lowest BCUT2D eigenvalue weighted by molar-refractivity contribution is -0.144.